The molecule has 0 aliphatic heterocycles. The van der Waals surface area contributed by atoms with Crippen molar-refractivity contribution in [2.75, 3.05) is 19.8 Å². The topological polar surface area (TPSA) is 55.4 Å². The first-order chi connectivity index (χ1) is 8.66. The predicted octanol–water partition coefficient (Wildman–Crippen LogP) is 2.46. The van der Waals surface area contributed by atoms with Crippen molar-refractivity contribution < 1.29 is 14.3 Å². The first kappa shape index (κ1) is 17.1. The largest absolute Gasteiger partial charge is 0.380 e. The quantitative estimate of drug-likeness (QED) is 0.546. The molecule has 0 aromatic heterocycles. The van der Waals surface area contributed by atoms with E-state index in [1.54, 1.807) is 0 Å². The molecular formula is C14H27NO3. The fourth-order valence-electron chi connectivity index (χ4n) is 1.55. The summed E-state index contributed by atoms with van der Waals surface area (Å²) in [5.74, 6) is -0.0229. The van der Waals surface area contributed by atoms with Gasteiger partial charge in [0.1, 0.15) is 5.78 Å². The Morgan fingerprint density at radius 1 is 1.00 bits per heavy atom. The SMILES string of the molecule is CCCCCCCOCCNC(=O)CCC(C)=O. The van der Waals surface area contributed by atoms with Crippen LogP contribution in [-0.4, -0.2) is 31.4 Å². The normalized spacial score (nSPS) is 10.3. The summed E-state index contributed by atoms with van der Waals surface area (Å²) in [7, 11) is 0. The van der Waals surface area contributed by atoms with Gasteiger partial charge >= 0.3 is 0 Å². The van der Waals surface area contributed by atoms with Gasteiger partial charge in [0.2, 0.25) is 5.91 Å². The molecule has 0 heterocycles. The highest BCUT2D eigenvalue weighted by molar-refractivity contribution is 5.83. The van der Waals surface area contributed by atoms with Crippen molar-refractivity contribution in [3.05, 3.63) is 0 Å². The molecule has 0 saturated carbocycles. The van der Waals surface area contributed by atoms with Gasteiger partial charge in [0.05, 0.1) is 6.61 Å². The number of carbonyl (C=O) groups excluding carboxylic acids is 2. The number of Topliss-reactive ketones (excluding diaryl/α,β-unsaturated/α-hetero) is 1. The van der Waals surface area contributed by atoms with E-state index in [0.29, 0.717) is 19.6 Å². The Morgan fingerprint density at radius 3 is 2.39 bits per heavy atom. The Kier molecular flexibility index (Phi) is 11.9. The third kappa shape index (κ3) is 13.2. The van der Waals surface area contributed by atoms with Crippen LogP contribution in [0.3, 0.4) is 0 Å². The van der Waals surface area contributed by atoms with Crippen molar-refractivity contribution in [2.24, 2.45) is 0 Å². The minimum atomic E-state index is -0.0725. The molecule has 0 aromatic carbocycles. The van der Waals surface area contributed by atoms with Gasteiger partial charge in [-0.1, -0.05) is 32.6 Å². The van der Waals surface area contributed by atoms with E-state index in [1.165, 1.54) is 32.6 Å². The van der Waals surface area contributed by atoms with Crippen LogP contribution in [0.15, 0.2) is 0 Å². The van der Waals surface area contributed by atoms with Crippen molar-refractivity contribution in [2.45, 2.75) is 58.8 Å². The summed E-state index contributed by atoms with van der Waals surface area (Å²) < 4.78 is 5.41. The fourth-order valence-corrected chi connectivity index (χ4v) is 1.55. The van der Waals surface area contributed by atoms with E-state index >= 15 is 0 Å². The van der Waals surface area contributed by atoms with Crippen molar-refractivity contribution in [1.29, 1.82) is 0 Å². The number of carbonyl (C=O) groups is 2. The summed E-state index contributed by atoms with van der Waals surface area (Å²) in [6, 6.07) is 0. The lowest BCUT2D eigenvalue weighted by atomic mass is 10.2. The van der Waals surface area contributed by atoms with Crippen LogP contribution in [0.1, 0.15) is 58.8 Å². The van der Waals surface area contributed by atoms with Crippen LogP contribution >= 0.6 is 0 Å². The summed E-state index contributed by atoms with van der Waals surface area (Å²) in [5.41, 5.74) is 0. The van der Waals surface area contributed by atoms with Crippen LogP contribution in [0.5, 0.6) is 0 Å². The maximum atomic E-state index is 11.2. The number of amides is 1. The molecule has 0 saturated heterocycles. The Labute approximate surface area is 110 Å². The van der Waals surface area contributed by atoms with Gasteiger partial charge in [-0.05, 0) is 13.3 Å². The van der Waals surface area contributed by atoms with Gasteiger partial charge in [0.15, 0.2) is 0 Å². The van der Waals surface area contributed by atoms with Crippen LogP contribution in [0.2, 0.25) is 0 Å². The number of hydrogen-bond acceptors (Lipinski definition) is 3. The minimum Gasteiger partial charge on any atom is -0.380 e. The van der Waals surface area contributed by atoms with Crippen molar-refractivity contribution in [1.82, 2.24) is 5.32 Å². The number of hydrogen-bond donors (Lipinski definition) is 1. The summed E-state index contributed by atoms with van der Waals surface area (Å²) in [4.78, 5) is 21.9. The lowest BCUT2D eigenvalue weighted by molar-refractivity contribution is -0.124. The molecule has 0 aliphatic carbocycles. The number of unbranched alkanes of at least 4 members (excludes halogenated alkanes) is 4. The molecule has 0 atom stereocenters. The Balaban J connectivity index is 3.15. The number of ketones is 1. The Hall–Kier alpha value is -0.900. The molecule has 0 unspecified atom stereocenters. The molecule has 0 fully saturated rings. The first-order valence-electron chi connectivity index (χ1n) is 7.00. The number of ether oxygens (including phenoxy) is 1. The maximum Gasteiger partial charge on any atom is 0.220 e. The summed E-state index contributed by atoms with van der Waals surface area (Å²) >= 11 is 0. The second-order valence-corrected chi connectivity index (χ2v) is 4.58. The summed E-state index contributed by atoms with van der Waals surface area (Å²) in [6.07, 6.45) is 6.76. The zero-order chi connectivity index (χ0) is 13.6. The minimum absolute atomic E-state index is 0.0495. The highest BCUT2D eigenvalue weighted by Crippen LogP contribution is 2.01. The molecule has 1 amide bonds. The van der Waals surface area contributed by atoms with Crippen molar-refractivity contribution >= 4 is 11.7 Å². The third-order valence-corrected chi connectivity index (χ3v) is 2.66. The first-order valence-corrected chi connectivity index (χ1v) is 7.00. The predicted molar refractivity (Wildman–Crippen MR) is 72.5 cm³/mol. The number of rotatable bonds is 12. The molecule has 18 heavy (non-hydrogen) atoms. The standard InChI is InChI=1S/C14H27NO3/c1-3-4-5-6-7-11-18-12-10-15-14(17)9-8-13(2)16/h3-12H2,1-2H3,(H,15,17). The van der Waals surface area contributed by atoms with E-state index in [-0.39, 0.29) is 18.1 Å². The van der Waals surface area contributed by atoms with Gasteiger partial charge in [-0.15, -0.1) is 0 Å². The smallest absolute Gasteiger partial charge is 0.220 e. The van der Waals surface area contributed by atoms with Gasteiger partial charge in [0.25, 0.3) is 0 Å². The van der Waals surface area contributed by atoms with E-state index in [9.17, 15) is 9.59 Å². The molecule has 0 aliphatic rings. The molecule has 0 spiro atoms. The van der Waals surface area contributed by atoms with Crippen molar-refractivity contribution in [3.8, 4) is 0 Å². The third-order valence-electron chi connectivity index (χ3n) is 2.66. The molecule has 4 nitrogen and oxygen atoms in total. The highest BCUT2D eigenvalue weighted by atomic mass is 16.5. The van der Waals surface area contributed by atoms with Gasteiger partial charge in [-0.3, -0.25) is 4.79 Å². The summed E-state index contributed by atoms with van der Waals surface area (Å²) in [6.45, 7) is 5.55. The van der Waals surface area contributed by atoms with Gasteiger partial charge in [-0.2, -0.15) is 0 Å². The van der Waals surface area contributed by atoms with Gasteiger partial charge < -0.3 is 14.8 Å². The van der Waals surface area contributed by atoms with E-state index < -0.39 is 0 Å². The lowest BCUT2D eigenvalue weighted by Crippen LogP contribution is -2.27. The second kappa shape index (κ2) is 12.6. The zero-order valence-corrected chi connectivity index (χ0v) is 11.8. The summed E-state index contributed by atoms with van der Waals surface area (Å²) in [5, 5.41) is 2.73. The Morgan fingerprint density at radius 2 is 1.72 bits per heavy atom. The van der Waals surface area contributed by atoms with Crippen LogP contribution in [0.4, 0.5) is 0 Å². The van der Waals surface area contributed by atoms with Crippen molar-refractivity contribution in [3.63, 3.8) is 0 Å². The van der Waals surface area contributed by atoms with E-state index in [4.69, 9.17) is 4.74 Å². The monoisotopic (exact) mass is 257 g/mol. The maximum absolute atomic E-state index is 11.2. The molecule has 106 valence electrons. The van der Waals surface area contributed by atoms with Gasteiger partial charge in [0, 0.05) is 26.0 Å². The molecule has 0 aromatic rings. The van der Waals surface area contributed by atoms with E-state index in [0.717, 1.165) is 13.0 Å². The lowest BCUT2D eigenvalue weighted by Gasteiger charge is -2.06. The molecule has 1 N–H and O–H groups in total. The molecular weight excluding hydrogens is 230 g/mol. The number of nitrogens with one attached hydrogen (secondary N) is 1. The molecule has 0 rings (SSSR count). The van der Waals surface area contributed by atoms with Gasteiger partial charge in [-0.25, -0.2) is 0 Å². The van der Waals surface area contributed by atoms with Crippen LogP contribution in [0, 0.1) is 0 Å². The van der Waals surface area contributed by atoms with E-state index in [1.807, 2.05) is 0 Å². The van der Waals surface area contributed by atoms with Crippen LogP contribution in [-0.2, 0) is 14.3 Å². The van der Waals surface area contributed by atoms with Crippen LogP contribution < -0.4 is 5.32 Å². The average molecular weight is 257 g/mol. The zero-order valence-electron chi connectivity index (χ0n) is 11.8. The second-order valence-electron chi connectivity index (χ2n) is 4.58. The molecule has 0 bridgehead atoms. The Bertz CT molecular complexity index is 229. The molecule has 4 heteroatoms. The average Bonchev–Trinajstić information content (AvgIpc) is 2.34. The molecule has 0 radical (unpaired) electrons. The van der Waals surface area contributed by atoms with Crippen LogP contribution in [0.25, 0.3) is 0 Å². The van der Waals surface area contributed by atoms with E-state index in [2.05, 4.69) is 12.2 Å². The fraction of sp³-hybridized carbons (Fsp3) is 0.857. The highest BCUT2D eigenvalue weighted by Gasteiger charge is 2.02.